The van der Waals surface area contributed by atoms with E-state index in [1.807, 2.05) is 60.8 Å². The fourth-order valence-corrected chi connectivity index (χ4v) is 5.26. The van der Waals surface area contributed by atoms with E-state index in [1.54, 1.807) is 48.1 Å². The van der Waals surface area contributed by atoms with Gasteiger partial charge in [0.15, 0.2) is 0 Å². The Kier molecular flexibility index (Phi) is 7.43. The van der Waals surface area contributed by atoms with Crippen molar-refractivity contribution in [2.45, 2.75) is 30.8 Å². The fraction of sp³-hybridized carbons (Fsp3) is 0.185. The summed E-state index contributed by atoms with van der Waals surface area (Å²) >= 11 is 0. The number of carbonyl (C=O) groups excluding carboxylic acids is 1. The van der Waals surface area contributed by atoms with Crippen LogP contribution in [0.25, 0.3) is 5.69 Å². The van der Waals surface area contributed by atoms with E-state index in [1.165, 1.54) is 11.4 Å². The van der Waals surface area contributed by atoms with Crippen LogP contribution in [0.15, 0.2) is 102 Å². The third-order valence-corrected chi connectivity index (χ3v) is 7.62. The van der Waals surface area contributed by atoms with Crippen LogP contribution in [0.4, 0.5) is 0 Å². The molecular formula is C27H27N3O4S. The van der Waals surface area contributed by atoms with Crippen LogP contribution in [-0.4, -0.2) is 35.6 Å². The molecule has 7 nitrogen and oxygen atoms in total. The van der Waals surface area contributed by atoms with Gasteiger partial charge in [-0.3, -0.25) is 4.79 Å². The standard InChI is InChI=1S/C27H27N3O4S/c1-21(27(31)34-2)24-9-6-8-23(18-24)20-29(35(32,33)26-10-4-3-5-11-26)19-22-12-14-25(15-13-22)30-17-7-16-28-30/h3-18,21H,19-20H2,1-2H3. The number of aromatic nitrogens is 2. The number of methoxy groups -OCH3 is 1. The van der Waals surface area contributed by atoms with Gasteiger partial charge in [-0.1, -0.05) is 54.6 Å². The van der Waals surface area contributed by atoms with E-state index >= 15 is 0 Å². The number of rotatable bonds is 9. The van der Waals surface area contributed by atoms with E-state index in [9.17, 15) is 13.2 Å². The molecule has 3 aromatic carbocycles. The smallest absolute Gasteiger partial charge is 0.312 e. The van der Waals surface area contributed by atoms with Crippen molar-refractivity contribution < 1.29 is 17.9 Å². The van der Waals surface area contributed by atoms with Crippen molar-refractivity contribution in [3.05, 3.63) is 114 Å². The van der Waals surface area contributed by atoms with Gasteiger partial charge in [0.2, 0.25) is 10.0 Å². The molecule has 8 heteroatoms. The van der Waals surface area contributed by atoms with Crippen LogP contribution in [0, 0.1) is 0 Å². The Bertz CT molecular complexity index is 1370. The summed E-state index contributed by atoms with van der Waals surface area (Å²) in [5, 5.41) is 4.23. The van der Waals surface area contributed by atoms with Crippen LogP contribution < -0.4 is 0 Å². The maximum Gasteiger partial charge on any atom is 0.312 e. The highest BCUT2D eigenvalue weighted by molar-refractivity contribution is 7.89. The van der Waals surface area contributed by atoms with Gasteiger partial charge < -0.3 is 4.74 Å². The van der Waals surface area contributed by atoms with Crippen molar-refractivity contribution in [1.29, 1.82) is 0 Å². The summed E-state index contributed by atoms with van der Waals surface area (Å²) in [6, 6.07) is 25.3. The lowest BCUT2D eigenvalue weighted by Crippen LogP contribution is -2.30. The first-order valence-corrected chi connectivity index (χ1v) is 12.6. The van der Waals surface area contributed by atoms with E-state index in [0.29, 0.717) is 0 Å². The Morgan fingerprint density at radius 1 is 0.943 bits per heavy atom. The molecule has 0 amide bonds. The van der Waals surface area contributed by atoms with Crippen molar-refractivity contribution in [3.63, 3.8) is 0 Å². The monoisotopic (exact) mass is 489 g/mol. The summed E-state index contributed by atoms with van der Waals surface area (Å²) in [6.45, 7) is 2.11. The number of hydrogen-bond acceptors (Lipinski definition) is 5. The fourth-order valence-electron chi connectivity index (χ4n) is 3.82. The minimum atomic E-state index is -3.78. The molecule has 0 aliphatic heterocycles. The van der Waals surface area contributed by atoms with E-state index in [0.717, 1.165) is 22.4 Å². The molecule has 0 saturated carbocycles. The minimum absolute atomic E-state index is 0.153. The molecule has 35 heavy (non-hydrogen) atoms. The van der Waals surface area contributed by atoms with E-state index < -0.39 is 15.9 Å². The molecule has 0 aliphatic rings. The van der Waals surface area contributed by atoms with Crippen molar-refractivity contribution in [3.8, 4) is 5.69 Å². The average molecular weight is 490 g/mol. The van der Waals surface area contributed by atoms with Crippen molar-refractivity contribution in [1.82, 2.24) is 14.1 Å². The largest absolute Gasteiger partial charge is 0.469 e. The van der Waals surface area contributed by atoms with Crippen LogP contribution in [0.5, 0.6) is 0 Å². The third kappa shape index (κ3) is 5.67. The second-order valence-electron chi connectivity index (χ2n) is 8.19. The first kappa shape index (κ1) is 24.4. The Morgan fingerprint density at radius 3 is 2.31 bits per heavy atom. The Labute approximate surface area is 205 Å². The zero-order chi connectivity index (χ0) is 24.8. The minimum Gasteiger partial charge on any atom is -0.469 e. The molecule has 180 valence electrons. The molecule has 0 aliphatic carbocycles. The Hall–Kier alpha value is -3.75. The van der Waals surface area contributed by atoms with Gasteiger partial charge in [0.25, 0.3) is 0 Å². The molecule has 0 N–H and O–H groups in total. The molecule has 0 spiro atoms. The summed E-state index contributed by atoms with van der Waals surface area (Å²) in [5.74, 6) is -0.790. The topological polar surface area (TPSA) is 81.5 Å². The maximum absolute atomic E-state index is 13.6. The number of benzene rings is 3. The highest BCUT2D eigenvalue weighted by atomic mass is 32.2. The number of hydrogen-bond donors (Lipinski definition) is 0. The highest BCUT2D eigenvalue weighted by Crippen LogP contribution is 2.24. The molecule has 0 fully saturated rings. The van der Waals surface area contributed by atoms with Gasteiger partial charge in [-0.25, -0.2) is 13.1 Å². The van der Waals surface area contributed by atoms with Gasteiger partial charge in [0, 0.05) is 25.5 Å². The number of nitrogens with zero attached hydrogens (tertiary/aromatic N) is 3. The molecular weight excluding hydrogens is 462 g/mol. The second kappa shape index (κ2) is 10.7. The summed E-state index contributed by atoms with van der Waals surface area (Å²) in [7, 11) is -2.43. The lowest BCUT2D eigenvalue weighted by atomic mass is 9.99. The molecule has 1 heterocycles. The zero-order valence-corrected chi connectivity index (χ0v) is 20.4. The first-order valence-electron chi connectivity index (χ1n) is 11.2. The van der Waals surface area contributed by atoms with E-state index in [-0.39, 0.29) is 24.0 Å². The predicted molar refractivity (Wildman–Crippen MR) is 133 cm³/mol. The van der Waals surface area contributed by atoms with Crippen LogP contribution in [0.2, 0.25) is 0 Å². The van der Waals surface area contributed by atoms with E-state index in [4.69, 9.17) is 4.74 Å². The summed E-state index contributed by atoms with van der Waals surface area (Å²) < 4.78 is 35.3. The highest BCUT2D eigenvalue weighted by Gasteiger charge is 2.25. The SMILES string of the molecule is COC(=O)C(C)c1cccc(CN(Cc2ccc(-n3cccn3)cc2)S(=O)(=O)c2ccccc2)c1. The Balaban J connectivity index is 1.64. The molecule has 0 radical (unpaired) electrons. The molecule has 4 rings (SSSR count). The van der Waals surface area contributed by atoms with Gasteiger partial charge in [-0.2, -0.15) is 9.40 Å². The van der Waals surface area contributed by atoms with Crippen molar-refractivity contribution in [2.24, 2.45) is 0 Å². The van der Waals surface area contributed by atoms with Gasteiger partial charge in [0.05, 0.1) is 23.6 Å². The molecule has 1 unspecified atom stereocenters. The molecule has 0 bridgehead atoms. The van der Waals surface area contributed by atoms with Gasteiger partial charge in [-0.15, -0.1) is 0 Å². The normalized spacial score (nSPS) is 12.4. The number of ether oxygens (including phenoxy) is 1. The quantitative estimate of drug-likeness (QED) is 0.323. The molecule has 4 aromatic rings. The van der Waals surface area contributed by atoms with E-state index in [2.05, 4.69) is 5.10 Å². The first-order chi connectivity index (χ1) is 16.9. The summed E-state index contributed by atoms with van der Waals surface area (Å²) in [4.78, 5) is 12.2. The lowest BCUT2D eigenvalue weighted by Gasteiger charge is -2.23. The van der Waals surface area contributed by atoms with Gasteiger partial charge >= 0.3 is 5.97 Å². The van der Waals surface area contributed by atoms with Gasteiger partial charge in [0.1, 0.15) is 0 Å². The molecule has 0 saturated heterocycles. The molecule has 1 aromatic heterocycles. The average Bonchev–Trinajstić information content (AvgIpc) is 3.43. The molecule has 1 atom stereocenters. The number of esters is 1. The van der Waals surface area contributed by atoms with Crippen LogP contribution in [-0.2, 0) is 32.6 Å². The number of carbonyl (C=O) groups is 1. The maximum atomic E-state index is 13.6. The van der Waals surface area contributed by atoms with Gasteiger partial charge in [-0.05, 0) is 53.9 Å². The summed E-state index contributed by atoms with van der Waals surface area (Å²) in [6.07, 6.45) is 3.56. The number of sulfonamides is 1. The third-order valence-electron chi connectivity index (χ3n) is 5.81. The van der Waals surface area contributed by atoms with Crippen molar-refractivity contribution >= 4 is 16.0 Å². The predicted octanol–water partition coefficient (Wildman–Crippen LogP) is 4.54. The lowest BCUT2D eigenvalue weighted by molar-refractivity contribution is -0.141. The van der Waals surface area contributed by atoms with Crippen molar-refractivity contribution in [2.75, 3.05) is 7.11 Å². The summed E-state index contributed by atoms with van der Waals surface area (Å²) in [5.41, 5.74) is 3.29. The second-order valence-corrected chi connectivity index (χ2v) is 10.1. The van der Waals surface area contributed by atoms with Crippen LogP contribution >= 0.6 is 0 Å². The van der Waals surface area contributed by atoms with Crippen LogP contribution in [0.3, 0.4) is 0 Å². The zero-order valence-electron chi connectivity index (χ0n) is 19.6. The van der Waals surface area contributed by atoms with Crippen LogP contribution in [0.1, 0.15) is 29.5 Å². The Morgan fingerprint density at radius 2 is 1.66 bits per heavy atom.